The Balaban J connectivity index is 1.67. The summed E-state index contributed by atoms with van der Waals surface area (Å²) in [7, 11) is 0. The SMILES string of the molecule is CCNC1CCCCC1N1CCCC1C1CCCC1. The van der Waals surface area contributed by atoms with Crippen LogP contribution in [0.3, 0.4) is 0 Å². The van der Waals surface area contributed by atoms with Gasteiger partial charge in [-0.3, -0.25) is 4.90 Å². The zero-order chi connectivity index (χ0) is 13.1. The molecule has 0 radical (unpaired) electrons. The Labute approximate surface area is 119 Å². The lowest BCUT2D eigenvalue weighted by molar-refractivity contribution is 0.0833. The Bertz CT molecular complexity index is 270. The second-order valence-electron chi connectivity index (χ2n) is 7.01. The summed E-state index contributed by atoms with van der Waals surface area (Å²) in [6.07, 6.45) is 14.7. The van der Waals surface area contributed by atoms with Crippen LogP contribution in [0.2, 0.25) is 0 Å². The molecule has 0 aromatic rings. The van der Waals surface area contributed by atoms with Crippen LogP contribution in [0.5, 0.6) is 0 Å². The van der Waals surface area contributed by atoms with E-state index >= 15 is 0 Å². The van der Waals surface area contributed by atoms with Crippen molar-refractivity contribution >= 4 is 0 Å². The summed E-state index contributed by atoms with van der Waals surface area (Å²) in [4.78, 5) is 2.95. The standard InChI is InChI=1S/C17H32N2/c1-2-18-15-10-5-6-11-17(15)19-13-7-12-16(19)14-8-3-4-9-14/h14-18H,2-13H2,1H3. The van der Waals surface area contributed by atoms with E-state index in [1.807, 2.05) is 0 Å². The minimum absolute atomic E-state index is 0.778. The van der Waals surface area contributed by atoms with Crippen LogP contribution in [0.1, 0.15) is 71.1 Å². The van der Waals surface area contributed by atoms with Gasteiger partial charge < -0.3 is 5.32 Å². The Morgan fingerprint density at radius 1 is 0.842 bits per heavy atom. The first-order chi connectivity index (χ1) is 9.40. The first-order valence-electron chi connectivity index (χ1n) is 8.89. The summed E-state index contributed by atoms with van der Waals surface area (Å²) in [5.41, 5.74) is 0. The molecule has 2 aliphatic carbocycles. The molecule has 0 bridgehead atoms. The summed E-state index contributed by atoms with van der Waals surface area (Å²) in [6.45, 7) is 4.79. The van der Waals surface area contributed by atoms with Crippen molar-refractivity contribution in [3.05, 3.63) is 0 Å². The average molecular weight is 264 g/mol. The van der Waals surface area contributed by atoms with Crippen LogP contribution in [0.4, 0.5) is 0 Å². The molecule has 2 saturated carbocycles. The van der Waals surface area contributed by atoms with Crippen molar-refractivity contribution < 1.29 is 0 Å². The number of nitrogens with zero attached hydrogens (tertiary/aromatic N) is 1. The maximum absolute atomic E-state index is 3.78. The molecule has 1 N–H and O–H groups in total. The first-order valence-corrected chi connectivity index (χ1v) is 8.89. The van der Waals surface area contributed by atoms with Crippen molar-refractivity contribution in [2.24, 2.45) is 5.92 Å². The van der Waals surface area contributed by atoms with Crippen molar-refractivity contribution in [1.82, 2.24) is 10.2 Å². The second-order valence-corrected chi connectivity index (χ2v) is 7.01. The Morgan fingerprint density at radius 2 is 1.53 bits per heavy atom. The van der Waals surface area contributed by atoms with Crippen LogP contribution in [-0.2, 0) is 0 Å². The lowest BCUT2D eigenvalue weighted by Crippen LogP contribution is -2.54. The molecule has 0 aromatic heterocycles. The number of hydrogen-bond acceptors (Lipinski definition) is 2. The molecule has 0 aromatic carbocycles. The van der Waals surface area contributed by atoms with E-state index in [9.17, 15) is 0 Å². The third-order valence-corrected chi connectivity index (χ3v) is 5.91. The van der Waals surface area contributed by atoms with Crippen molar-refractivity contribution in [3.8, 4) is 0 Å². The van der Waals surface area contributed by atoms with E-state index in [0.717, 1.165) is 30.6 Å². The second kappa shape index (κ2) is 6.58. The van der Waals surface area contributed by atoms with Crippen LogP contribution in [0.15, 0.2) is 0 Å². The van der Waals surface area contributed by atoms with E-state index in [4.69, 9.17) is 0 Å². The molecule has 3 unspecified atom stereocenters. The fraction of sp³-hybridized carbons (Fsp3) is 1.00. The zero-order valence-corrected chi connectivity index (χ0v) is 12.7. The number of hydrogen-bond donors (Lipinski definition) is 1. The maximum Gasteiger partial charge on any atom is 0.0252 e. The molecule has 1 aliphatic heterocycles. The molecule has 0 amide bonds. The van der Waals surface area contributed by atoms with Gasteiger partial charge in [0.2, 0.25) is 0 Å². The van der Waals surface area contributed by atoms with Gasteiger partial charge >= 0.3 is 0 Å². The van der Waals surface area contributed by atoms with Crippen LogP contribution in [-0.4, -0.2) is 36.1 Å². The lowest BCUT2D eigenvalue weighted by Gasteiger charge is -2.43. The molecular weight excluding hydrogens is 232 g/mol. The molecule has 0 spiro atoms. The van der Waals surface area contributed by atoms with Gasteiger partial charge in [0, 0.05) is 18.1 Å². The van der Waals surface area contributed by atoms with Gasteiger partial charge in [0.05, 0.1) is 0 Å². The van der Waals surface area contributed by atoms with Crippen LogP contribution >= 0.6 is 0 Å². The molecule has 3 atom stereocenters. The van der Waals surface area contributed by atoms with E-state index in [1.54, 1.807) is 0 Å². The molecule has 3 fully saturated rings. The smallest absolute Gasteiger partial charge is 0.0252 e. The van der Waals surface area contributed by atoms with Crippen LogP contribution < -0.4 is 5.32 Å². The van der Waals surface area contributed by atoms with Gasteiger partial charge in [0.25, 0.3) is 0 Å². The quantitative estimate of drug-likeness (QED) is 0.835. The molecule has 1 heterocycles. The molecule has 110 valence electrons. The highest BCUT2D eigenvalue weighted by atomic mass is 15.2. The van der Waals surface area contributed by atoms with Crippen molar-refractivity contribution in [2.75, 3.05) is 13.1 Å². The highest BCUT2D eigenvalue weighted by Gasteiger charge is 2.39. The van der Waals surface area contributed by atoms with Gasteiger partial charge in [-0.2, -0.15) is 0 Å². The third-order valence-electron chi connectivity index (χ3n) is 5.91. The van der Waals surface area contributed by atoms with E-state index in [1.165, 1.54) is 70.8 Å². The topological polar surface area (TPSA) is 15.3 Å². The summed E-state index contributed by atoms with van der Waals surface area (Å²) in [6, 6.07) is 2.56. The minimum Gasteiger partial charge on any atom is -0.313 e. The molecule has 3 aliphatic rings. The molecule has 1 saturated heterocycles. The predicted octanol–water partition coefficient (Wildman–Crippen LogP) is 3.56. The van der Waals surface area contributed by atoms with Crippen LogP contribution in [0, 0.1) is 5.92 Å². The van der Waals surface area contributed by atoms with E-state index in [0.29, 0.717) is 0 Å². The average Bonchev–Trinajstić information content (AvgIpc) is 3.10. The van der Waals surface area contributed by atoms with Crippen LogP contribution in [0.25, 0.3) is 0 Å². The first kappa shape index (κ1) is 13.9. The summed E-state index contributed by atoms with van der Waals surface area (Å²) in [5.74, 6) is 1.03. The van der Waals surface area contributed by atoms with Gasteiger partial charge in [0.1, 0.15) is 0 Å². The van der Waals surface area contributed by atoms with Crippen molar-refractivity contribution in [3.63, 3.8) is 0 Å². The molecular formula is C17H32N2. The maximum atomic E-state index is 3.78. The number of rotatable bonds is 4. The minimum atomic E-state index is 0.778. The van der Waals surface area contributed by atoms with Crippen molar-refractivity contribution in [1.29, 1.82) is 0 Å². The zero-order valence-electron chi connectivity index (χ0n) is 12.7. The van der Waals surface area contributed by atoms with E-state index < -0.39 is 0 Å². The number of nitrogens with one attached hydrogen (secondary N) is 1. The lowest BCUT2D eigenvalue weighted by atomic mass is 9.87. The predicted molar refractivity (Wildman–Crippen MR) is 81.4 cm³/mol. The van der Waals surface area contributed by atoms with Gasteiger partial charge in [-0.25, -0.2) is 0 Å². The summed E-state index contributed by atoms with van der Waals surface area (Å²) < 4.78 is 0. The Kier molecular flexibility index (Phi) is 4.81. The Morgan fingerprint density at radius 3 is 2.32 bits per heavy atom. The Hall–Kier alpha value is -0.0800. The molecule has 2 nitrogen and oxygen atoms in total. The summed E-state index contributed by atoms with van der Waals surface area (Å²) in [5, 5.41) is 3.78. The number of likely N-dealkylation sites (N-methyl/N-ethyl adjacent to an activating group) is 1. The fourth-order valence-corrected chi connectivity index (χ4v) is 5.08. The fourth-order valence-electron chi connectivity index (χ4n) is 5.08. The highest BCUT2D eigenvalue weighted by molar-refractivity contribution is 4.96. The molecule has 2 heteroatoms. The third kappa shape index (κ3) is 3.00. The monoisotopic (exact) mass is 264 g/mol. The van der Waals surface area contributed by atoms with Gasteiger partial charge in [-0.15, -0.1) is 0 Å². The van der Waals surface area contributed by atoms with Gasteiger partial charge in [-0.05, 0) is 57.5 Å². The van der Waals surface area contributed by atoms with Gasteiger partial charge in [-0.1, -0.05) is 32.6 Å². The summed E-state index contributed by atoms with van der Waals surface area (Å²) >= 11 is 0. The largest absolute Gasteiger partial charge is 0.313 e. The van der Waals surface area contributed by atoms with Gasteiger partial charge in [0.15, 0.2) is 0 Å². The normalized spacial score (nSPS) is 38.1. The highest BCUT2D eigenvalue weighted by Crippen LogP contribution is 2.38. The number of likely N-dealkylation sites (tertiary alicyclic amines) is 1. The molecule has 3 rings (SSSR count). The van der Waals surface area contributed by atoms with E-state index in [2.05, 4.69) is 17.1 Å². The van der Waals surface area contributed by atoms with Crippen molar-refractivity contribution in [2.45, 2.75) is 89.3 Å². The van der Waals surface area contributed by atoms with E-state index in [-0.39, 0.29) is 0 Å². The molecule has 19 heavy (non-hydrogen) atoms.